The van der Waals surface area contributed by atoms with Crippen LogP contribution in [0, 0.1) is 0 Å². The summed E-state index contributed by atoms with van der Waals surface area (Å²) < 4.78 is 0. The van der Waals surface area contributed by atoms with Gasteiger partial charge in [-0.05, 0) is 43.7 Å². The molecule has 78 valence electrons. The van der Waals surface area contributed by atoms with E-state index in [2.05, 4.69) is 38.1 Å². The third kappa shape index (κ3) is 2.28. The van der Waals surface area contributed by atoms with Gasteiger partial charge >= 0.3 is 0 Å². The zero-order chi connectivity index (χ0) is 9.47. The molecular formula is C12H18ClN. The highest BCUT2D eigenvalue weighted by Gasteiger charge is 2.29. The highest BCUT2D eigenvalue weighted by Crippen LogP contribution is 2.43. The minimum Gasteiger partial charge on any atom is -0.322 e. The molecule has 1 aromatic carbocycles. The molecule has 2 heteroatoms. The van der Waals surface area contributed by atoms with E-state index in [4.69, 9.17) is 5.73 Å². The molecule has 1 aliphatic carbocycles. The molecule has 1 aromatic rings. The van der Waals surface area contributed by atoms with Gasteiger partial charge in [0.05, 0.1) is 0 Å². The first-order valence-electron chi connectivity index (χ1n) is 4.97. The summed E-state index contributed by atoms with van der Waals surface area (Å²) in [4.78, 5) is 0. The van der Waals surface area contributed by atoms with E-state index >= 15 is 0 Å². The topological polar surface area (TPSA) is 26.0 Å². The van der Waals surface area contributed by atoms with Crippen molar-refractivity contribution in [3.8, 4) is 0 Å². The predicted molar refractivity (Wildman–Crippen MR) is 62.9 cm³/mol. The minimum absolute atomic E-state index is 0. The van der Waals surface area contributed by atoms with Crippen molar-refractivity contribution in [2.24, 2.45) is 5.73 Å². The zero-order valence-electron chi connectivity index (χ0n) is 8.79. The van der Waals surface area contributed by atoms with E-state index in [1.165, 1.54) is 24.0 Å². The van der Waals surface area contributed by atoms with Crippen molar-refractivity contribution in [3.63, 3.8) is 0 Å². The Morgan fingerprint density at radius 1 is 1.21 bits per heavy atom. The van der Waals surface area contributed by atoms with E-state index in [0.717, 1.165) is 5.92 Å². The molecule has 0 atom stereocenters. The Hall–Kier alpha value is -0.530. The molecule has 2 N–H and O–H groups in total. The van der Waals surface area contributed by atoms with Crippen LogP contribution in [0.1, 0.15) is 43.7 Å². The molecule has 14 heavy (non-hydrogen) atoms. The molecule has 0 radical (unpaired) electrons. The summed E-state index contributed by atoms with van der Waals surface area (Å²) in [6, 6.07) is 8.58. The smallest absolute Gasteiger partial charge is 0.0355 e. The van der Waals surface area contributed by atoms with Crippen molar-refractivity contribution >= 4 is 12.4 Å². The van der Waals surface area contributed by atoms with Crippen molar-refractivity contribution in [1.82, 2.24) is 0 Å². The van der Waals surface area contributed by atoms with Gasteiger partial charge in [-0.2, -0.15) is 0 Å². The SMILES string of the molecule is CC(C)(N)c1ccccc1C1CC1.Cl. The van der Waals surface area contributed by atoms with Crippen molar-refractivity contribution in [3.05, 3.63) is 35.4 Å². The lowest BCUT2D eigenvalue weighted by Crippen LogP contribution is -2.29. The van der Waals surface area contributed by atoms with Crippen LogP contribution in [0.4, 0.5) is 0 Å². The Labute approximate surface area is 92.1 Å². The van der Waals surface area contributed by atoms with Crippen molar-refractivity contribution in [2.45, 2.75) is 38.1 Å². The lowest BCUT2D eigenvalue weighted by atomic mass is 9.89. The summed E-state index contributed by atoms with van der Waals surface area (Å²) in [6.45, 7) is 4.16. The summed E-state index contributed by atoms with van der Waals surface area (Å²) in [5.41, 5.74) is 8.71. The Balaban J connectivity index is 0.000000980. The Morgan fingerprint density at radius 3 is 2.29 bits per heavy atom. The lowest BCUT2D eigenvalue weighted by Gasteiger charge is -2.22. The Bertz CT molecular complexity index is 310. The van der Waals surface area contributed by atoms with Crippen LogP contribution in [0.2, 0.25) is 0 Å². The van der Waals surface area contributed by atoms with E-state index in [9.17, 15) is 0 Å². The summed E-state index contributed by atoms with van der Waals surface area (Å²) in [7, 11) is 0. The first kappa shape index (κ1) is 11.5. The third-order valence-electron chi connectivity index (χ3n) is 2.67. The highest BCUT2D eigenvalue weighted by atomic mass is 35.5. The van der Waals surface area contributed by atoms with Crippen LogP contribution in [0.5, 0.6) is 0 Å². The number of hydrogen-bond donors (Lipinski definition) is 1. The van der Waals surface area contributed by atoms with E-state index in [0.29, 0.717) is 0 Å². The second-order valence-corrected chi connectivity index (χ2v) is 4.58. The van der Waals surface area contributed by atoms with Gasteiger partial charge in [0.15, 0.2) is 0 Å². The monoisotopic (exact) mass is 211 g/mol. The number of rotatable bonds is 2. The molecule has 1 fully saturated rings. The fourth-order valence-electron chi connectivity index (χ4n) is 1.83. The second-order valence-electron chi connectivity index (χ2n) is 4.58. The molecule has 0 unspecified atom stereocenters. The molecular weight excluding hydrogens is 194 g/mol. The van der Waals surface area contributed by atoms with Gasteiger partial charge in [0.1, 0.15) is 0 Å². The van der Waals surface area contributed by atoms with Crippen molar-refractivity contribution < 1.29 is 0 Å². The fraction of sp³-hybridized carbons (Fsp3) is 0.500. The standard InChI is InChI=1S/C12H17N.ClH/c1-12(2,13)11-6-4-3-5-10(11)9-7-8-9;/h3-6,9H,7-8,13H2,1-2H3;1H. The van der Waals surface area contributed by atoms with Crippen molar-refractivity contribution in [2.75, 3.05) is 0 Å². The quantitative estimate of drug-likeness (QED) is 0.799. The largest absolute Gasteiger partial charge is 0.322 e. The maximum atomic E-state index is 6.12. The van der Waals surface area contributed by atoms with E-state index in [1.807, 2.05) is 0 Å². The molecule has 1 saturated carbocycles. The number of hydrogen-bond acceptors (Lipinski definition) is 1. The fourth-order valence-corrected chi connectivity index (χ4v) is 1.83. The normalized spacial score (nSPS) is 16.2. The highest BCUT2D eigenvalue weighted by molar-refractivity contribution is 5.85. The predicted octanol–water partition coefficient (Wildman–Crippen LogP) is 3.18. The molecule has 0 aliphatic heterocycles. The second kappa shape index (κ2) is 3.92. The molecule has 2 rings (SSSR count). The van der Waals surface area contributed by atoms with E-state index in [1.54, 1.807) is 0 Å². The molecule has 0 bridgehead atoms. The van der Waals surface area contributed by atoms with Crippen LogP contribution in [0.15, 0.2) is 24.3 Å². The van der Waals surface area contributed by atoms with Crippen LogP contribution in [0.3, 0.4) is 0 Å². The Morgan fingerprint density at radius 2 is 1.79 bits per heavy atom. The molecule has 1 aliphatic rings. The summed E-state index contributed by atoms with van der Waals surface area (Å²) >= 11 is 0. The van der Waals surface area contributed by atoms with Crippen LogP contribution >= 0.6 is 12.4 Å². The van der Waals surface area contributed by atoms with Crippen LogP contribution < -0.4 is 5.73 Å². The van der Waals surface area contributed by atoms with Gasteiger partial charge in [-0.3, -0.25) is 0 Å². The maximum absolute atomic E-state index is 6.12. The maximum Gasteiger partial charge on any atom is 0.0355 e. The summed E-state index contributed by atoms with van der Waals surface area (Å²) in [5.74, 6) is 0.791. The first-order chi connectivity index (χ1) is 6.09. The molecule has 0 amide bonds. The van der Waals surface area contributed by atoms with Gasteiger partial charge in [-0.1, -0.05) is 24.3 Å². The summed E-state index contributed by atoms with van der Waals surface area (Å²) in [5, 5.41) is 0. The number of nitrogens with two attached hydrogens (primary N) is 1. The minimum atomic E-state index is -0.195. The van der Waals surface area contributed by atoms with E-state index in [-0.39, 0.29) is 17.9 Å². The van der Waals surface area contributed by atoms with Crippen LogP contribution in [-0.2, 0) is 5.54 Å². The number of halogens is 1. The third-order valence-corrected chi connectivity index (χ3v) is 2.67. The van der Waals surface area contributed by atoms with Gasteiger partial charge in [0.25, 0.3) is 0 Å². The summed E-state index contributed by atoms with van der Waals surface area (Å²) in [6.07, 6.45) is 2.68. The van der Waals surface area contributed by atoms with Gasteiger partial charge in [0, 0.05) is 5.54 Å². The van der Waals surface area contributed by atoms with Gasteiger partial charge in [-0.15, -0.1) is 12.4 Å². The molecule has 1 nitrogen and oxygen atoms in total. The molecule has 0 saturated heterocycles. The number of benzene rings is 1. The molecule has 0 heterocycles. The van der Waals surface area contributed by atoms with Crippen molar-refractivity contribution in [1.29, 1.82) is 0 Å². The average molecular weight is 212 g/mol. The van der Waals surface area contributed by atoms with Gasteiger partial charge < -0.3 is 5.73 Å². The van der Waals surface area contributed by atoms with Crippen LogP contribution in [-0.4, -0.2) is 0 Å². The Kier molecular flexibility index (Phi) is 3.23. The van der Waals surface area contributed by atoms with Crippen LogP contribution in [0.25, 0.3) is 0 Å². The zero-order valence-corrected chi connectivity index (χ0v) is 9.60. The van der Waals surface area contributed by atoms with Gasteiger partial charge in [0.2, 0.25) is 0 Å². The van der Waals surface area contributed by atoms with E-state index < -0.39 is 0 Å². The average Bonchev–Trinajstić information content (AvgIpc) is 2.85. The lowest BCUT2D eigenvalue weighted by molar-refractivity contribution is 0.548. The molecule has 0 aromatic heterocycles. The molecule has 0 spiro atoms. The van der Waals surface area contributed by atoms with Gasteiger partial charge in [-0.25, -0.2) is 0 Å². The first-order valence-corrected chi connectivity index (χ1v) is 4.97.